The molecule has 0 radical (unpaired) electrons. The lowest BCUT2D eigenvalue weighted by molar-refractivity contribution is 0.0732. The van der Waals surface area contributed by atoms with Crippen molar-refractivity contribution in [2.75, 3.05) is 19.6 Å². The fourth-order valence-corrected chi connectivity index (χ4v) is 2.57. The fourth-order valence-electron chi connectivity index (χ4n) is 2.57. The number of hydrogen-bond donors (Lipinski definition) is 1. The van der Waals surface area contributed by atoms with Crippen LogP contribution >= 0.6 is 0 Å². The van der Waals surface area contributed by atoms with Crippen molar-refractivity contribution < 1.29 is 4.79 Å². The molecule has 0 saturated carbocycles. The van der Waals surface area contributed by atoms with Gasteiger partial charge in [0.05, 0.1) is 0 Å². The van der Waals surface area contributed by atoms with Gasteiger partial charge in [0.25, 0.3) is 5.91 Å². The number of fused-ring (bicyclic) bond motifs is 1. The van der Waals surface area contributed by atoms with Gasteiger partial charge in [0, 0.05) is 31.1 Å². The molecule has 0 saturated heterocycles. The molecule has 1 aromatic rings. The molecule has 98 valence electrons. The lowest BCUT2D eigenvalue weighted by Gasteiger charge is -2.33. The van der Waals surface area contributed by atoms with Gasteiger partial charge < -0.3 is 10.6 Å². The Bertz CT molecular complexity index is 454. The van der Waals surface area contributed by atoms with Crippen molar-refractivity contribution >= 4 is 5.91 Å². The summed E-state index contributed by atoms with van der Waals surface area (Å²) in [7, 11) is 0. The van der Waals surface area contributed by atoms with Gasteiger partial charge in [0.2, 0.25) is 0 Å². The van der Waals surface area contributed by atoms with Gasteiger partial charge in [-0.05, 0) is 30.0 Å². The minimum Gasteiger partial charge on any atom is -0.338 e. The Balaban J connectivity index is 2.48. The van der Waals surface area contributed by atoms with Crippen molar-refractivity contribution in [3.63, 3.8) is 0 Å². The number of amides is 1. The summed E-state index contributed by atoms with van der Waals surface area (Å²) in [5.74, 6) is 0.870. The first kappa shape index (κ1) is 13.1. The third kappa shape index (κ3) is 2.15. The van der Waals surface area contributed by atoms with E-state index < -0.39 is 0 Å². The smallest absolute Gasteiger partial charge is 0.254 e. The first-order valence-electron chi connectivity index (χ1n) is 6.71. The Labute approximate surface area is 109 Å². The van der Waals surface area contributed by atoms with Crippen molar-refractivity contribution in [2.45, 2.75) is 32.6 Å². The maximum absolute atomic E-state index is 12.4. The van der Waals surface area contributed by atoms with Gasteiger partial charge in [0.15, 0.2) is 0 Å². The summed E-state index contributed by atoms with van der Waals surface area (Å²) in [6.45, 7) is 8.40. The lowest BCUT2D eigenvalue weighted by Crippen LogP contribution is -2.41. The SMILES string of the molecule is CCN1CC(CN)c2ccc(C(C)C)cc2C1=O. The average Bonchev–Trinajstić information content (AvgIpc) is 2.39. The maximum Gasteiger partial charge on any atom is 0.254 e. The van der Waals surface area contributed by atoms with E-state index in [1.807, 2.05) is 17.9 Å². The first-order valence-corrected chi connectivity index (χ1v) is 6.71. The number of carbonyl (C=O) groups is 1. The third-order valence-corrected chi connectivity index (χ3v) is 3.81. The second-order valence-electron chi connectivity index (χ2n) is 5.28. The predicted octanol–water partition coefficient (Wildman–Crippen LogP) is 2.33. The van der Waals surface area contributed by atoms with Gasteiger partial charge in [-0.2, -0.15) is 0 Å². The fraction of sp³-hybridized carbons (Fsp3) is 0.533. The number of benzene rings is 1. The van der Waals surface area contributed by atoms with Crippen LogP contribution in [0.15, 0.2) is 18.2 Å². The summed E-state index contributed by atoms with van der Waals surface area (Å²) >= 11 is 0. The van der Waals surface area contributed by atoms with Crippen LogP contribution in [-0.2, 0) is 0 Å². The maximum atomic E-state index is 12.4. The standard InChI is InChI=1S/C15H22N2O/c1-4-17-9-12(8-16)13-6-5-11(10(2)3)7-14(13)15(17)18/h5-7,10,12H,4,8-9,16H2,1-3H3. The van der Waals surface area contributed by atoms with Crippen LogP contribution in [0.5, 0.6) is 0 Å². The van der Waals surface area contributed by atoms with Gasteiger partial charge in [-0.3, -0.25) is 4.79 Å². The van der Waals surface area contributed by atoms with E-state index in [0.717, 1.165) is 24.2 Å². The number of nitrogens with zero attached hydrogens (tertiary/aromatic N) is 1. The molecule has 1 unspecified atom stereocenters. The Morgan fingerprint density at radius 2 is 2.17 bits per heavy atom. The first-order chi connectivity index (χ1) is 8.58. The summed E-state index contributed by atoms with van der Waals surface area (Å²) in [5, 5.41) is 0. The molecule has 1 aliphatic rings. The third-order valence-electron chi connectivity index (χ3n) is 3.81. The number of rotatable bonds is 3. The molecule has 0 aliphatic carbocycles. The monoisotopic (exact) mass is 246 g/mol. The van der Waals surface area contributed by atoms with E-state index in [1.54, 1.807) is 0 Å². The van der Waals surface area contributed by atoms with Crippen LogP contribution in [0.1, 0.15) is 54.1 Å². The normalized spacial score (nSPS) is 19.3. The molecule has 1 amide bonds. The minimum atomic E-state index is 0.153. The topological polar surface area (TPSA) is 46.3 Å². The van der Waals surface area contributed by atoms with Crippen LogP contribution in [0.25, 0.3) is 0 Å². The molecule has 0 bridgehead atoms. The largest absolute Gasteiger partial charge is 0.338 e. The van der Waals surface area contributed by atoms with Gasteiger partial charge in [-0.25, -0.2) is 0 Å². The highest BCUT2D eigenvalue weighted by molar-refractivity contribution is 5.97. The Morgan fingerprint density at radius 1 is 1.44 bits per heavy atom. The Kier molecular flexibility index (Phi) is 3.71. The van der Waals surface area contributed by atoms with Crippen LogP contribution in [0.2, 0.25) is 0 Å². The van der Waals surface area contributed by atoms with Crippen LogP contribution < -0.4 is 5.73 Å². The molecule has 18 heavy (non-hydrogen) atoms. The van der Waals surface area contributed by atoms with Crippen molar-refractivity contribution in [1.29, 1.82) is 0 Å². The molecule has 2 N–H and O–H groups in total. The van der Waals surface area contributed by atoms with Gasteiger partial charge >= 0.3 is 0 Å². The number of nitrogens with two attached hydrogens (primary N) is 1. The molecule has 0 spiro atoms. The quantitative estimate of drug-likeness (QED) is 0.889. The molecule has 0 aromatic heterocycles. The second-order valence-corrected chi connectivity index (χ2v) is 5.28. The zero-order chi connectivity index (χ0) is 13.3. The van der Waals surface area contributed by atoms with Crippen molar-refractivity contribution in [3.05, 3.63) is 34.9 Å². The van der Waals surface area contributed by atoms with E-state index in [9.17, 15) is 4.79 Å². The Hall–Kier alpha value is -1.35. The second kappa shape index (κ2) is 5.11. The van der Waals surface area contributed by atoms with Gasteiger partial charge in [0.1, 0.15) is 0 Å². The molecule has 1 heterocycles. The highest BCUT2D eigenvalue weighted by Gasteiger charge is 2.29. The van der Waals surface area contributed by atoms with E-state index in [1.165, 1.54) is 5.56 Å². The number of likely N-dealkylation sites (N-methyl/N-ethyl adjacent to an activating group) is 1. The molecular formula is C15H22N2O. The number of hydrogen-bond acceptors (Lipinski definition) is 2. The lowest BCUT2D eigenvalue weighted by atomic mass is 9.86. The summed E-state index contributed by atoms with van der Waals surface area (Å²) in [4.78, 5) is 14.3. The molecular weight excluding hydrogens is 224 g/mol. The van der Waals surface area contributed by atoms with E-state index in [2.05, 4.69) is 26.0 Å². The predicted molar refractivity (Wildman–Crippen MR) is 73.9 cm³/mol. The summed E-state index contributed by atoms with van der Waals surface area (Å²) in [6, 6.07) is 6.26. The van der Waals surface area contributed by atoms with E-state index in [4.69, 9.17) is 5.73 Å². The summed E-state index contributed by atoms with van der Waals surface area (Å²) < 4.78 is 0. The van der Waals surface area contributed by atoms with E-state index in [0.29, 0.717) is 12.5 Å². The molecule has 0 fully saturated rings. The van der Waals surface area contributed by atoms with Crippen molar-refractivity contribution in [3.8, 4) is 0 Å². The van der Waals surface area contributed by atoms with Crippen LogP contribution in [0.4, 0.5) is 0 Å². The zero-order valence-electron chi connectivity index (χ0n) is 11.4. The molecule has 1 aromatic carbocycles. The highest BCUT2D eigenvalue weighted by atomic mass is 16.2. The molecule has 2 rings (SSSR count). The number of carbonyl (C=O) groups excluding carboxylic acids is 1. The van der Waals surface area contributed by atoms with Crippen LogP contribution in [0, 0.1) is 0 Å². The van der Waals surface area contributed by atoms with E-state index >= 15 is 0 Å². The van der Waals surface area contributed by atoms with Crippen molar-refractivity contribution in [2.24, 2.45) is 5.73 Å². The van der Waals surface area contributed by atoms with Gasteiger partial charge in [-0.1, -0.05) is 26.0 Å². The van der Waals surface area contributed by atoms with Crippen LogP contribution in [-0.4, -0.2) is 30.4 Å². The summed E-state index contributed by atoms with van der Waals surface area (Å²) in [6.07, 6.45) is 0. The van der Waals surface area contributed by atoms with Crippen LogP contribution in [0.3, 0.4) is 0 Å². The molecule has 3 heteroatoms. The molecule has 1 aliphatic heterocycles. The molecule has 1 atom stereocenters. The van der Waals surface area contributed by atoms with E-state index in [-0.39, 0.29) is 11.8 Å². The zero-order valence-corrected chi connectivity index (χ0v) is 11.4. The minimum absolute atomic E-state index is 0.153. The van der Waals surface area contributed by atoms with Crippen molar-refractivity contribution in [1.82, 2.24) is 4.90 Å². The van der Waals surface area contributed by atoms with Gasteiger partial charge in [-0.15, -0.1) is 0 Å². The molecule has 3 nitrogen and oxygen atoms in total. The Morgan fingerprint density at radius 3 is 2.72 bits per heavy atom. The highest BCUT2D eigenvalue weighted by Crippen LogP contribution is 2.30. The summed E-state index contributed by atoms with van der Waals surface area (Å²) in [5.41, 5.74) is 9.03. The average molecular weight is 246 g/mol.